The summed E-state index contributed by atoms with van der Waals surface area (Å²) in [5.41, 5.74) is 8.18. The fourth-order valence-corrected chi connectivity index (χ4v) is 3.14. The van der Waals surface area contributed by atoms with Crippen LogP contribution in [0.15, 0.2) is 54.9 Å². The first-order valence-corrected chi connectivity index (χ1v) is 8.67. The molecular formula is C20H17N5O3. The van der Waals surface area contributed by atoms with Gasteiger partial charge < -0.3 is 10.6 Å². The van der Waals surface area contributed by atoms with Crippen molar-refractivity contribution in [2.45, 2.75) is 12.8 Å². The Kier molecular flexibility index (Phi) is 4.44. The first-order valence-electron chi connectivity index (χ1n) is 8.67. The number of aryl methyl sites for hydroxylation is 1. The summed E-state index contributed by atoms with van der Waals surface area (Å²) in [7, 11) is 0. The standard InChI is InChI=1S/C20H17N5O3/c1-12-14(10-23-19(24-12)16-7-4-5-9-22-16)20(27)28-25-11-15(18(21)26)13-6-2-3-8-17(13)25/h2-10,15H,11H2,1H3,(H2,21,26). The predicted octanol–water partition coefficient (Wildman–Crippen LogP) is 2.01. The molecule has 1 unspecified atom stereocenters. The number of rotatable bonds is 4. The highest BCUT2D eigenvalue weighted by molar-refractivity contribution is 5.92. The van der Waals surface area contributed by atoms with Gasteiger partial charge in [-0.05, 0) is 30.7 Å². The molecule has 2 N–H and O–H groups in total. The fraction of sp³-hybridized carbons (Fsp3) is 0.150. The Labute approximate surface area is 161 Å². The fourth-order valence-electron chi connectivity index (χ4n) is 3.14. The van der Waals surface area contributed by atoms with Gasteiger partial charge in [0.2, 0.25) is 5.91 Å². The molecule has 0 fully saturated rings. The van der Waals surface area contributed by atoms with Gasteiger partial charge in [0.15, 0.2) is 5.82 Å². The maximum Gasteiger partial charge on any atom is 0.366 e. The predicted molar refractivity (Wildman–Crippen MR) is 101 cm³/mol. The van der Waals surface area contributed by atoms with Crippen molar-refractivity contribution in [1.82, 2.24) is 15.0 Å². The number of carbonyl (C=O) groups excluding carboxylic acids is 2. The van der Waals surface area contributed by atoms with Crippen LogP contribution >= 0.6 is 0 Å². The van der Waals surface area contributed by atoms with Crippen LogP contribution in [0, 0.1) is 6.92 Å². The third-order valence-electron chi connectivity index (χ3n) is 4.56. The zero-order valence-electron chi connectivity index (χ0n) is 15.1. The topological polar surface area (TPSA) is 111 Å². The SMILES string of the molecule is Cc1nc(-c2ccccn2)ncc1C(=O)ON1CC(C(N)=O)c2ccccc21. The molecule has 1 aliphatic rings. The molecule has 1 aliphatic heterocycles. The number of aromatic nitrogens is 3. The van der Waals surface area contributed by atoms with Gasteiger partial charge in [-0.1, -0.05) is 24.3 Å². The summed E-state index contributed by atoms with van der Waals surface area (Å²) in [6.07, 6.45) is 3.07. The maximum atomic E-state index is 12.7. The molecule has 0 saturated heterocycles. The van der Waals surface area contributed by atoms with E-state index in [0.29, 0.717) is 22.9 Å². The minimum absolute atomic E-state index is 0.173. The lowest BCUT2D eigenvalue weighted by Crippen LogP contribution is -2.30. The van der Waals surface area contributed by atoms with E-state index in [9.17, 15) is 9.59 Å². The molecule has 8 nitrogen and oxygen atoms in total. The van der Waals surface area contributed by atoms with Gasteiger partial charge in [-0.15, -0.1) is 0 Å². The van der Waals surface area contributed by atoms with Gasteiger partial charge in [-0.3, -0.25) is 9.78 Å². The lowest BCUT2D eigenvalue weighted by atomic mass is 10.0. The summed E-state index contributed by atoms with van der Waals surface area (Å²) in [6, 6.07) is 12.6. The van der Waals surface area contributed by atoms with Crippen molar-refractivity contribution >= 4 is 17.6 Å². The van der Waals surface area contributed by atoms with Crippen molar-refractivity contribution in [2.75, 3.05) is 11.6 Å². The largest absolute Gasteiger partial charge is 0.369 e. The average Bonchev–Trinajstić information content (AvgIpc) is 3.07. The van der Waals surface area contributed by atoms with Crippen molar-refractivity contribution in [3.8, 4) is 11.5 Å². The zero-order chi connectivity index (χ0) is 19.7. The highest BCUT2D eigenvalue weighted by Gasteiger charge is 2.34. The number of hydrogen-bond acceptors (Lipinski definition) is 7. The van der Waals surface area contributed by atoms with Crippen molar-refractivity contribution < 1.29 is 14.4 Å². The third kappa shape index (κ3) is 3.16. The van der Waals surface area contributed by atoms with Crippen LogP contribution in [0.1, 0.15) is 27.5 Å². The van der Waals surface area contributed by atoms with Gasteiger partial charge in [0.25, 0.3) is 0 Å². The van der Waals surface area contributed by atoms with E-state index in [-0.39, 0.29) is 12.1 Å². The molecule has 0 radical (unpaired) electrons. The minimum Gasteiger partial charge on any atom is -0.369 e. The number of hydrogen-bond donors (Lipinski definition) is 1. The summed E-state index contributed by atoms with van der Waals surface area (Å²) < 4.78 is 0. The number of nitrogens with zero attached hydrogens (tertiary/aromatic N) is 4. The van der Waals surface area contributed by atoms with E-state index >= 15 is 0 Å². The van der Waals surface area contributed by atoms with Gasteiger partial charge in [0.05, 0.1) is 23.8 Å². The number of anilines is 1. The van der Waals surface area contributed by atoms with Crippen LogP contribution in [0.25, 0.3) is 11.5 Å². The van der Waals surface area contributed by atoms with E-state index in [4.69, 9.17) is 10.6 Å². The number of primary amides is 1. The molecule has 4 rings (SSSR count). The average molecular weight is 375 g/mol. The number of amides is 1. The van der Waals surface area contributed by atoms with E-state index in [2.05, 4.69) is 15.0 Å². The Balaban J connectivity index is 1.57. The molecule has 140 valence electrons. The molecule has 3 heterocycles. The van der Waals surface area contributed by atoms with Crippen molar-refractivity contribution in [3.05, 3.63) is 71.7 Å². The summed E-state index contributed by atoms with van der Waals surface area (Å²) >= 11 is 0. The highest BCUT2D eigenvalue weighted by atomic mass is 16.7. The number of para-hydroxylation sites is 1. The first kappa shape index (κ1) is 17.6. The van der Waals surface area contributed by atoms with E-state index < -0.39 is 17.8 Å². The van der Waals surface area contributed by atoms with Crippen LogP contribution < -0.4 is 10.8 Å². The van der Waals surface area contributed by atoms with Crippen molar-refractivity contribution in [3.63, 3.8) is 0 Å². The van der Waals surface area contributed by atoms with Crippen LogP contribution in [-0.4, -0.2) is 33.4 Å². The van der Waals surface area contributed by atoms with Crippen LogP contribution in [0.2, 0.25) is 0 Å². The number of carbonyl (C=O) groups is 2. The lowest BCUT2D eigenvalue weighted by Gasteiger charge is -2.18. The molecule has 0 bridgehead atoms. The summed E-state index contributed by atoms with van der Waals surface area (Å²) in [5.74, 6) is -1.18. The molecule has 0 spiro atoms. The molecule has 2 aromatic heterocycles. The van der Waals surface area contributed by atoms with Gasteiger partial charge in [0.1, 0.15) is 11.3 Å². The van der Waals surface area contributed by atoms with Crippen LogP contribution in [0.4, 0.5) is 5.69 Å². The number of nitrogens with two attached hydrogens (primary N) is 1. The number of fused-ring (bicyclic) bond motifs is 1. The lowest BCUT2D eigenvalue weighted by molar-refractivity contribution is -0.119. The summed E-state index contributed by atoms with van der Waals surface area (Å²) in [5, 5.41) is 1.39. The molecular weight excluding hydrogens is 358 g/mol. The van der Waals surface area contributed by atoms with Gasteiger partial charge in [-0.25, -0.2) is 19.8 Å². The van der Waals surface area contributed by atoms with E-state index in [1.165, 1.54) is 11.3 Å². The van der Waals surface area contributed by atoms with E-state index in [1.54, 1.807) is 43.5 Å². The summed E-state index contributed by atoms with van der Waals surface area (Å²) in [4.78, 5) is 42.7. The maximum absolute atomic E-state index is 12.7. The van der Waals surface area contributed by atoms with E-state index in [0.717, 1.165) is 5.56 Å². The summed E-state index contributed by atoms with van der Waals surface area (Å²) in [6.45, 7) is 1.88. The Bertz CT molecular complexity index is 1050. The second-order valence-electron chi connectivity index (χ2n) is 6.36. The Morgan fingerprint density at radius 2 is 1.93 bits per heavy atom. The molecule has 1 aromatic carbocycles. The molecule has 1 atom stereocenters. The molecule has 3 aromatic rings. The van der Waals surface area contributed by atoms with Gasteiger partial charge in [-0.2, -0.15) is 0 Å². The molecule has 0 aliphatic carbocycles. The minimum atomic E-state index is -0.606. The van der Waals surface area contributed by atoms with Crippen molar-refractivity contribution in [1.29, 1.82) is 0 Å². The van der Waals surface area contributed by atoms with Gasteiger partial charge in [0, 0.05) is 12.4 Å². The zero-order valence-corrected chi connectivity index (χ0v) is 15.1. The second kappa shape index (κ2) is 7.07. The molecule has 1 amide bonds. The second-order valence-corrected chi connectivity index (χ2v) is 6.36. The normalized spacial score (nSPS) is 15.2. The number of pyridine rings is 1. The van der Waals surface area contributed by atoms with Crippen molar-refractivity contribution in [2.24, 2.45) is 5.73 Å². The number of hydroxylamine groups is 1. The van der Waals surface area contributed by atoms with Crippen LogP contribution in [0.3, 0.4) is 0 Å². The van der Waals surface area contributed by atoms with E-state index in [1.807, 2.05) is 12.1 Å². The first-order chi connectivity index (χ1) is 13.5. The Hall–Kier alpha value is -3.81. The highest BCUT2D eigenvalue weighted by Crippen LogP contribution is 2.36. The smallest absolute Gasteiger partial charge is 0.366 e. The molecule has 8 heteroatoms. The van der Waals surface area contributed by atoms with Crippen LogP contribution in [-0.2, 0) is 9.63 Å². The van der Waals surface area contributed by atoms with Crippen LogP contribution in [0.5, 0.6) is 0 Å². The Morgan fingerprint density at radius 3 is 2.64 bits per heavy atom. The monoisotopic (exact) mass is 375 g/mol. The quantitative estimate of drug-likeness (QED) is 0.742. The van der Waals surface area contributed by atoms with Gasteiger partial charge >= 0.3 is 5.97 Å². The molecule has 0 saturated carbocycles. The number of benzene rings is 1. The molecule has 28 heavy (non-hydrogen) atoms. The Morgan fingerprint density at radius 1 is 1.14 bits per heavy atom. The third-order valence-corrected chi connectivity index (χ3v) is 4.56.